The van der Waals surface area contributed by atoms with Crippen molar-refractivity contribution in [3.05, 3.63) is 40.5 Å². The van der Waals surface area contributed by atoms with Gasteiger partial charge in [0.15, 0.2) is 0 Å². The Hall–Kier alpha value is -2.38. The number of hydrogen-bond donors (Lipinski definition) is 2. The summed E-state index contributed by atoms with van der Waals surface area (Å²) >= 11 is 0. The van der Waals surface area contributed by atoms with Gasteiger partial charge in [0.2, 0.25) is 6.29 Å². The van der Waals surface area contributed by atoms with Crippen LogP contribution in [0.2, 0.25) is 0 Å². The zero-order valence-corrected chi connectivity index (χ0v) is 21.3. The number of ether oxygens (including phenoxy) is 3. The van der Waals surface area contributed by atoms with Crippen LogP contribution < -0.4 is 4.74 Å². The monoisotopic (exact) mass is 484 g/mol. The highest BCUT2D eigenvalue weighted by Gasteiger charge is 2.79. The fourth-order valence-corrected chi connectivity index (χ4v) is 8.50. The average molecular weight is 485 g/mol. The lowest BCUT2D eigenvalue weighted by atomic mass is 9.52. The van der Waals surface area contributed by atoms with Crippen molar-refractivity contribution in [2.24, 2.45) is 29.1 Å². The number of aliphatic hydroxyl groups is 2. The van der Waals surface area contributed by atoms with Crippen LogP contribution in [0.4, 0.5) is 0 Å². The third kappa shape index (κ3) is 2.85. The molecule has 7 nitrogen and oxygen atoms in total. The van der Waals surface area contributed by atoms with E-state index < -0.39 is 17.1 Å². The van der Waals surface area contributed by atoms with Gasteiger partial charge < -0.3 is 24.4 Å². The van der Waals surface area contributed by atoms with Gasteiger partial charge in [0.05, 0.1) is 11.3 Å². The van der Waals surface area contributed by atoms with Crippen LogP contribution >= 0.6 is 0 Å². The first kappa shape index (κ1) is 24.3. The zero-order chi connectivity index (χ0) is 25.4. The fourth-order valence-electron chi connectivity index (χ4n) is 8.50. The molecule has 2 spiro atoms. The van der Waals surface area contributed by atoms with E-state index in [1.54, 1.807) is 0 Å². The Balaban J connectivity index is 0.00000124. The third-order valence-corrected chi connectivity index (χ3v) is 9.76. The molecule has 0 unspecified atom stereocenters. The van der Waals surface area contributed by atoms with Gasteiger partial charge in [-0.15, -0.1) is 0 Å². The van der Waals surface area contributed by atoms with Crippen molar-refractivity contribution in [2.75, 3.05) is 7.11 Å². The molecular weight excluding hydrogens is 448 g/mol. The molecule has 2 bridgehead atoms. The van der Waals surface area contributed by atoms with E-state index >= 15 is 0 Å². The molecule has 2 N–H and O–H groups in total. The summed E-state index contributed by atoms with van der Waals surface area (Å²) in [6.07, 6.45) is 0.520. The van der Waals surface area contributed by atoms with Crippen molar-refractivity contribution in [2.45, 2.75) is 77.8 Å². The average Bonchev–Trinajstić information content (AvgIpc) is 3.38. The van der Waals surface area contributed by atoms with Gasteiger partial charge in [0, 0.05) is 36.8 Å². The SMILES string of the molecule is CC(=O)O[C@H]1[C@H]2C[C@]3(c4ccc(C)cc4O[C@H]3O)[C@]13C(=C2C)C[C@H]1[C@H](C[C@@H]3C)OC(=O)[C@H]1C.CO. The van der Waals surface area contributed by atoms with E-state index in [9.17, 15) is 14.7 Å². The highest BCUT2D eigenvalue weighted by molar-refractivity contribution is 5.75. The lowest BCUT2D eigenvalue weighted by Crippen LogP contribution is -2.57. The van der Waals surface area contributed by atoms with Crippen LogP contribution in [0.25, 0.3) is 0 Å². The van der Waals surface area contributed by atoms with E-state index in [2.05, 4.69) is 26.0 Å². The van der Waals surface area contributed by atoms with E-state index in [1.807, 2.05) is 19.9 Å². The maximum atomic E-state index is 12.4. The first-order chi connectivity index (χ1) is 16.6. The van der Waals surface area contributed by atoms with E-state index in [0.717, 1.165) is 30.4 Å². The Bertz CT molecular complexity index is 1110. The number of esters is 2. The van der Waals surface area contributed by atoms with Crippen molar-refractivity contribution in [3.8, 4) is 5.75 Å². The molecule has 3 aliphatic carbocycles. The predicted octanol–water partition coefficient (Wildman–Crippen LogP) is 3.43. The molecule has 2 heterocycles. The number of aliphatic hydroxyl groups excluding tert-OH is 2. The second kappa shape index (κ2) is 8.07. The molecule has 35 heavy (non-hydrogen) atoms. The molecule has 3 fully saturated rings. The number of carbonyl (C=O) groups is 2. The predicted molar refractivity (Wildman–Crippen MR) is 127 cm³/mol. The maximum absolute atomic E-state index is 12.4. The quantitative estimate of drug-likeness (QED) is 0.465. The highest BCUT2D eigenvalue weighted by atomic mass is 16.6. The van der Waals surface area contributed by atoms with Crippen molar-refractivity contribution in [1.82, 2.24) is 0 Å². The Labute approximate surface area is 206 Å². The van der Waals surface area contributed by atoms with E-state index in [-0.39, 0.29) is 47.8 Å². The molecule has 5 aliphatic rings. The van der Waals surface area contributed by atoms with Crippen LogP contribution in [0, 0.1) is 36.0 Å². The minimum atomic E-state index is -1.03. The minimum absolute atomic E-state index is 0.0119. The van der Waals surface area contributed by atoms with Crippen molar-refractivity contribution in [3.63, 3.8) is 0 Å². The summed E-state index contributed by atoms with van der Waals surface area (Å²) < 4.78 is 18.1. The first-order valence-electron chi connectivity index (χ1n) is 12.6. The summed E-state index contributed by atoms with van der Waals surface area (Å²) in [5.41, 5.74) is 3.26. The van der Waals surface area contributed by atoms with Crippen LogP contribution in [0.3, 0.4) is 0 Å². The number of fused-ring (bicyclic) bond motifs is 4. The zero-order valence-electron chi connectivity index (χ0n) is 21.3. The Morgan fingerprint density at radius 2 is 1.89 bits per heavy atom. The maximum Gasteiger partial charge on any atom is 0.309 e. The number of rotatable bonds is 1. The molecule has 190 valence electrons. The summed E-state index contributed by atoms with van der Waals surface area (Å²) in [7, 11) is 1.00. The molecule has 0 aromatic heterocycles. The normalized spacial score (nSPS) is 42.4. The molecule has 1 saturated heterocycles. The first-order valence-corrected chi connectivity index (χ1v) is 12.6. The third-order valence-electron chi connectivity index (χ3n) is 9.76. The van der Waals surface area contributed by atoms with Crippen molar-refractivity contribution in [1.29, 1.82) is 0 Å². The van der Waals surface area contributed by atoms with Gasteiger partial charge in [0.25, 0.3) is 0 Å². The van der Waals surface area contributed by atoms with Gasteiger partial charge in [-0.05, 0) is 50.7 Å². The van der Waals surface area contributed by atoms with E-state index in [0.29, 0.717) is 12.8 Å². The molecule has 0 amide bonds. The van der Waals surface area contributed by atoms with Crippen LogP contribution in [0.15, 0.2) is 29.3 Å². The second-order valence-electron chi connectivity index (χ2n) is 11.1. The van der Waals surface area contributed by atoms with Crippen molar-refractivity contribution < 1.29 is 34.0 Å². The molecule has 2 aliphatic heterocycles. The topological polar surface area (TPSA) is 102 Å². The van der Waals surface area contributed by atoms with Gasteiger partial charge in [-0.1, -0.05) is 37.1 Å². The molecule has 1 aromatic rings. The summed E-state index contributed by atoms with van der Waals surface area (Å²) in [6.45, 7) is 9.77. The molecule has 9 atom stereocenters. The smallest absolute Gasteiger partial charge is 0.309 e. The molecular formula is C28H36O7. The molecule has 1 aromatic carbocycles. The van der Waals surface area contributed by atoms with Gasteiger partial charge >= 0.3 is 11.9 Å². The molecule has 6 rings (SSSR count). The number of aryl methyl sites for hydroxylation is 1. The molecule has 7 heteroatoms. The van der Waals surface area contributed by atoms with Crippen LogP contribution in [-0.4, -0.2) is 47.8 Å². The number of hydrogen-bond acceptors (Lipinski definition) is 7. The summed E-state index contributed by atoms with van der Waals surface area (Å²) in [5, 5.41) is 18.6. The summed E-state index contributed by atoms with van der Waals surface area (Å²) in [4.78, 5) is 24.8. The lowest BCUT2D eigenvalue weighted by molar-refractivity contribution is -0.162. The Morgan fingerprint density at radius 1 is 1.17 bits per heavy atom. The lowest BCUT2D eigenvalue weighted by Gasteiger charge is -2.51. The highest BCUT2D eigenvalue weighted by Crippen LogP contribution is 2.76. The second-order valence-corrected chi connectivity index (χ2v) is 11.1. The van der Waals surface area contributed by atoms with Crippen LogP contribution in [0.5, 0.6) is 5.75 Å². The van der Waals surface area contributed by atoms with Gasteiger partial charge in [-0.3, -0.25) is 9.59 Å². The largest absolute Gasteiger partial charge is 0.464 e. The Kier molecular flexibility index (Phi) is 5.61. The van der Waals surface area contributed by atoms with Gasteiger partial charge in [-0.2, -0.15) is 0 Å². The summed E-state index contributed by atoms with van der Waals surface area (Å²) in [6, 6.07) is 6.16. The van der Waals surface area contributed by atoms with Crippen LogP contribution in [-0.2, 0) is 24.5 Å². The minimum Gasteiger partial charge on any atom is -0.464 e. The van der Waals surface area contributed by atoms with Crippen molar-refractivity contribution >= 4 is 11.9 Å². The Morgan fingerprint density at radius 3 is 2.57 bits per heavy atom. The molecule has 2 saturated carbocycles. The molecule has 0 radical (unpaired) electrons. The van der Waals surface area contributed by atoms with Crippen LogP contribution in [0.1, 0.15) is 58.1 Å². The van der Waals surface area contributed by atoms with E-state index in [1.165, 1.54) is 18.1 Å². The number of carbonyl (C=O) groups excluding carboxylic acids is 2. The standard InChI is InChI=1S/C27H32O6.CH4O/c1-12-6-7-19-22(8-12)33-25(30)26(19)11-18-14(3)20-10-17-15(4)24(29)32-21(17)9-13(2)27(20,26)23(18)31-16(5)28;1-2/h6-8,13,15,17-18,21,23,25,30H,9-11H2,1-5H3;2H,1H3/t13-,15-,17+,18-,21-,23-,25+,26+,27+;/m0./s1. The summed E-state index contributed by atoms with van der Waals surface area (Å²) in [5.74, 6) is 0.254. The van der Waals surface area contributed by atoms with E-state index in [4.69, 9.17) is 19.3 Å². The van der Waals surface area contributed by atoms with Gasteiger partial charge in [-0.25, -0.2) is 0 Å². The van der Waals surface area contributed by atoms with Gasteiger partial charge in [0.1, 0.15) is 18.0 Å². The number of benzene rings is 1. The fraction of sp³-hybridized carbons (Fsp3) is 0.643.